The number of carbonyl (C=O) groups excluding carboxylic acids is 1. The Morgan fingerprint density at radius 3 is 2.53 bits per heavy atom. The van der Waals surface area contributed by atoms with Crippen molar-refractivity contribution in [3.63, 3.8) is 0 Å². The van der Waals surface area contributed by atoms with E-state index in [0.717, 1.165) is 6.42 Å². The van der Waals surface area contributed by atoms with Gasteiger partial charge in [0.2, 0.25) is 5.91 Å². The molecule has 1 heterocycles. The molecule has 0 radical (unpaired) electrons. The molecule has 0 aromatic carbocycles. The molecule has 0 fully saturated rings. The molecule has 108 valence electrons. The number of amides is 1. The second-order valence-electron chi connectivity index (χ2n) is 5.76. The smallest absolute Gasteiger partial charge is 0.234 e. The first-order valence-electron chi connectivity index (χ1n) is 6.86. The average Bonchev–Trinajstić information content (AvgIpc) is 2.65. The van der Waals surface area contributed by atoms with Crippen molar-refractivity contribution in [3.05, 3.63) is 21.4 Å². The van der Waals surface area contributed by atoms with Gasteiger partial charge in [-0.25, -0.2) is 0 Å². The van der Waals surface area contributed by atoms with E-state index in [-0.39, 0.29) is 17.5 Å². The highest BCUT2D eigenvalue weighted by Gasteiger charge is 2.18. The minimum atomic E-state index is -0.128. The Morgan fingerprint density at radius 2 is 2.05 bits per heavy atom. The molecule has 1 amide bonds. The van der Waals surface area contributed by atoms with Gasteiger partial charge in [0.25, 0.3) is 0 Å². The summed E-state index contributed by atoms with van der Waals surface area (Å²) < 4.78 is 0. The Balaban J connectivity index is 2.49. The minimum absolute atomic E-state index is 0.0586. The normalized spacial score (nSPS) is 13.4. The van der Waals surface area contributed by atoms with Crippen molar-refractivity contribution in [2.75, 3.05) is 6.54 Å². The molecular weight excluding hydrogens is 256 g/mol. The summed E-state index contributed by atoms with van der Waals surface area (Å²) >= 11 is 1.80. The molecule has 1 unspecified atom stereocenters. The van der Waals surface area contributed by atoms with Crippen molar-refractivity contribution in [3.8, 4) is 0 Å². The van der Waals surface area contributed by atoms with Crippen LogP contribution in [0.3, 0.4) is 0 Å². The molecule has 1 rings (SSSR count). The first-order valence-corrected chi connectivity index (χ1v) is 7.68. The maximum Gasteiger partial charge on any atom is 0.234 e. The highest BCUT2D eigenvalue weighted by atomic mass is 32.1. The number of hydrogen-bond acceptors (Lipinski definition) is 3. The van der Waals surface area contributed by atoms with E-state index in [9.17, 15) is 4.79 Å². The molecule has 1 aromatic heterocycles. The van der Waals surface area contributed by atoms with Gasteiger partial charge in [-0.15, -0.1) is 11.3 Å². The quantitative estimate of drug-likeness (QED) is 0.840. The number of carbonyl (C=O) groups is 1. The lowest BCUT2D eigenvalue weighted by Crippen LogP contribution is -2.46. The molecule has 0 aliphatic heterocycles. The molecule has 1 aromatic rings. The maximum atomic E-state index is 11.9. The highest BCUT2D eigenvalue weighted by Crippen LogP contribution is 2.25. The molecule has 4 heteroatoms. The van der Waals surface area contributed by atoms with Crippen LogP contribution in [0.4, 0.5) is 0 Å². The second kappa shape index (κ2) is 6.53. The Hall–Kier alpha value is -0.870. The first kappa shape index (κ1) is 16.2. The maximum absolute atomic E-state index is 11.9. The lowest BCUT2D eigenvalue weighted by Gasteiger charge is -2.25. The molecule has 0 bridgehead atoms. The lowest BCUT2D eigenvalue weighted by molar-refractivity contribution is -0.122. The SMILES string of the molecule is CCC(C)(C)NC(=O)CNC(C)c1cc(C)sc1C. The van der Waals surface area contributed by atoms with E-state index in [2.05, 4.69) is 44.4 Å². The van der Waals surface area contributed by atoms with Crippen LogP contribution in [0.15, 0.2) is 6.07 Å². The zero-order chi connectivity index (χ0) is 14.6. The van der Waals surface area contributed by atoms with E-state index in [4.69, 9.17) is 0 Å². The van der Waals surface area contributed by atoms with E-state index in [1.165, 1.54) is 15.3 Å². The molecule has 0 saturated carbocycles. The van der Waals surface area contributed by atoms with Gasteiger partial charge in [0.1, 0.15) is 0 Å². The molecule has 2 N–H and O–H groups in total. The van der Waals surface area contributed by atoms with Crippen LogP contribution in [-0.2, 0) is 4.79 Å². The second-order valence-corrected chi connectivity index (χ2v) is 7.22. The van der Waals surface area contributed by atoms with Crippen LogP contribution in [0.2, 0.25) is 0 Å². The van der Waals surface area contributed by atoms with E-state index in [0.29, 0.717) is 6.54 Å². The van der Waals surface area contributed by atoms with Crippen LogP contribution >= 0.6 is 11.3 Å². The number of nitrogens with one attached hydrogen (secondary N) is 2. The third kappa shape index (κ3) is 4.96. The summed E-state index contributed by atoms with van der Waals surface area (Å²) in [6.45, 7) is 12.9. The highest BCUT2D eigenvalue weighted by molar-refractivity contribution is 7.12. The molecule has 0 spiro atoms. The Morgan fingerprint density at radius 1 is 1.42 bits per heavy atom. The summed E-state index contributed by atoms with van der Waals surface area (Å²) in [5.41, 5.74) is 1.17. The van der Waals surface area contributed by atoms with Crippen LogP contribution in [-0.4, -0.2) is 18.0 Å². The summed E-state index contributed by atoms with van der Waals surface area (Å²) in [5.74, 6) is 0.0586. The largest absolute Gasteiger partial charge is 0.350 e. The Bertz CT molecular complexity index is 437. The fourth-order valence-electron chi connectivity index (χ4n) is 1.95. The van der Waals surface area contributed by atoms with Gasteiger partial charge in [-0.3, -0.25) is 4.79 Å². The summed E-state index contributed by atoms with van der Waals surface area (Å²) in [6.07, 6.45) is 0.928. The first-order chi connectivity index (χ1) is 8.75. The van der Waals surface area contributed by atoms with Gasteiger partial charge in [0, 0.05) is 21.3 Å². The Kier molecular flexibility index (Phi) is 5.56. The van der Waals surface area contributed by atoms with Crippen molar-refractivity contribution in [2.24, 2.45) is 0 Å². The molecule has 0 aliphatic rings. The zero-order valence-electron chi connectivity index (χ0n) is 12.9. The summed E-state index contributed by atoms with van der Waals surface area (Å²) in [5, 5.41) is 6.33. The fourth-order valence-corrected chi connectivity index (χ4v) is 2.97. The van der Waals surface area contributed by atoms with Gasteiger partial charge < -0.3 is 10.6 Å². The van der Waals surface area contributed by atoms with E-state index in [1.54, 1.807) is 11.3 Å². The van der Waals surface area contributed by atoms with Crippen LogP contribution in [0, 0.1) is 13.8 Å². The summed E-state index contributed by atoms with van der Waals surface area (Å²) in [7, 11) is 0. The summed E-state index contributed by atoms with van der Waals surface area (Å²) in [4.78, 5) is 14.5. The van der Waals surface area contributed by atoms with Gasteiger partial charge in [0.05, 0.1) is 6.54 Å². The summed E-state index contributed by atoms with van der Waals surface area (Å²) in [6, 6.07) is 2.41. The molecular formula is C15H26N2OS. The third-order valence-electron chi connectivity index (χ3n) is 3.48. The van der Waals surface area contributed by atoms with Gasteiger partial charge >= 0.3 is 0 Å². The van der Waals surface area contributed by atoms with Crippen molar-refractivity contribution >= 4 is 17.2 Å². The van der Waals surface area contributed by atoms with Gasteiger partial charge in [0.15, 0.2) is 0 Å². The van der Waals surface area contributed by atoms with E-state index < -0.39 is 0 Å². The standard InChI is InChI=1S/C15H26N2OS/c1-7-15(5,6)17-14(18)9-16-11(3)13-8-10(2)19-12(13)4/h8,11,16H,7,9H2,1-6H3,(H,17,18). The van der Waals surface area contributed by atoms with Gasteiger partial charge in [-0.1, -0.05) is 6.92 Å². The third-order valence-corrected chi connectivity index (χ3v) is 4.46. The predicted octanol–water partition coefficient (Wildman–Crippen LogP) is 3.32. The monoisotopic (exact) mass is 282 g/mol. The van der Waals surface area contributed by atoms with Crippen LogP contribution < -0.4 is 10.6 Å². The average molecular weight is 282 g/mol. The van der Waals surface area contributed by atoms with Crippen LogP contribution in [0.25, 0.3) is 0 Å². The van der Waals surface area contributed by atoms with Gasteiger partial charge in [-0.2, -0.15) is 0 Å². The van der Waals surface area contributed by atoms with Crippen molar-refractivity contribution < 1.29 is 4.79 Å². The van der Waals surface area contributed by atoms with Crippen molar-refractivity contribution in [1.82, 2.24) is 10.6 Å². The zero-order valence-corrected chi connectivity index (χ0v) is 13.7. The number of aryl methyl sites for hydroxylation is 2. The molecule has 19 heavy (non-hydrogen) atoms. The fraction of sp³-hybridized carbons (Fsp3) is 0.667. The molecule has 0 aliphatic carbocycles. The molecule has 1 atom stereocenters. The minimum Gasteiger partial charge on any atom is -0.350 e. The van der Waals surface area contributed by atoms with Crippen molar-refractivity contribution in [1.29, 1.82) is 0 Å². The predicted molar refractivity (Wildman–Crippen MR) is 82.7 cm³/mol. The van der Waals surface area contributed by atoms with Crippen LogP contribution in [0.5, 0.6) is 0 Å². The van der Waals surface area contributed by atoms with Gasteiger partial charge in [-0.05, 0) is 52.7 Å². The lowest BCUT2D eigenvalue weighted by atomic mass is 10.0. The van der Waals surface area contributed by atoms with E-state index in [1.807, 2.05) is 13.8 Å². The van der Waals surface area contributed by atoms with E-state index >= 15 is 0 Å². The molecule has 0 saturated heterocycles. The Labute approximate surface area is 120 Å². The number of thiophene rings is 1. The number of hydrogen-bond donors (Lipinski definition) is 2. The topological polar surface area (TPSA) is 41.1 Å². The van der Waals surface area contributed by atoms with Crippen LogP contribution in [0.1, 0.15) is 55.5 Å². The van der Waals surface area contributed by atoms with Crippen molar-refractivity contribution in [2.45, 2.75) is 59.5 Å². The molecule has 3 nitrogen and oxygen atoms in total. The number of rotatable bonds is 6.